The molecule has 17 heavy (non-hydrogen) atoms. The van der Waals surface area contributed by atoms with Gasteiger partial charge in [0, 0.05) is 25.0 Å². The molecule has 4 nitrogen and oxygen atoms in total. The zero-order valence-corrected chi connectivity index (χ0v) is 10.6. The summed E-state index contributed by atoms with van der Waals surface area (Å²) in [5.41, 5.74) is 2.21. The summed E-state index contributed by atoms with van der Waals surface area (Å²) < 4.78 is 5.51. The van der Waals surface area contributed by atoms with Crippen LogP contribution in [0, 0.1) is 6.92 Å². The monoisotopic (exact) mass is 251 g/mol. The maximum Gasteiger partial charge on any atom is 0.322 e. The molecule has 0 N–H and O–H groups in total. The Hall–Kier alpha value is -1.55. The number of benzene rings is 1. The molecule has 1 heterocycles. The molecule has 0 saturated carbocycles. The largest absolute Gasteiger partial charge is 0.408 e. The number of para-hydroxylation sites is 1. The van der Waals surface area contributed by atoms with E-state index in [0.29, 0.717) is 24.2 Å². The van der Waals surface area contributed by atoms with Crippen molar-refractivity contribution in [1.82, 2.24) is 10.2 Å². The molecule has 0 bridgehead atoms. The highest BCUT2D eigenvalue weighted by molar-refractivity contribution is 6.17. The molecule has 0 radical (unpaired) electrons. The summed E-state index contributed by atoms with van der Waals surface area (Å²) in [7, 11) is 1.90. The van der Waals surface area contributed by atoms with Crippen molar-refractivity contribution in [2.45, 2.75) is 13.3 Å². The maximum absolute atomic E-state index is 5.63. The van der Waals surface area contributed by atoms with E-state index in [1.165, 1.54) is 0 Å². The molecule has 1 aromatic carbocycles. The first-order chi connectivity index (χ1) is 8.22. The first-order valence-electron chi connectivity index (χ1n) is 5.40. The third kappa shape index (κ3) is 2.58. The normalized spacial score (nSPS) is 10.5. The lowest BCUT2D eigenvalue weighted by atomic mass is 10.2. The molecule has 0 aliphatic rings. The first-order valence-corrected chi connectivity index (χ1v) is 5.93. The summed E-state index contributed by atoms with van der Waals surface area (Å²) in [4.78, 5) is 1.88. The molecule has 90 valence electrons. The zero-order valence-electron chi connectivity index (χ0n) is 9.85. The second kappa shape index (κ2) is 5.19. The second-order valence-corrected chi connectivity index (χ2v) is 4.14. The van der Waals surface area contributed by atoms with Crippen LogP contribution >= 0.6 is 11.6 Å². The van der Waals surface area contributed by atoms with E-state index >= 15 is 0 Å². The number of hydrogen-bond acceptors (Lipinski definition) is 4. The molecule has 0 spiro atoms. The number of halogens is 1. The Kier molecular flexibility index (Phi) is 3.64. The van der Waals surface area contributed by atoms with Crippen LogP contribution in [0.25, 0.3) is 0 Å². The van der Waals surface area contributed by atoms with Crippen molar-refractivity contribution >= 4 is 23.3 Å². The molecule has 0 unspecified atom stereocenters. The average molecular weight is 252 g/mol. The van der Waals surface area contributed by atoms with Gasteiger partial charge in [-0.1, -0.05) is 23.3 Å². The van der Waals surface area contributed by atoms with E-state index in [9.17, 15) is 0 Å². The van der Waals surface area contributed by atoms with Crippen LogP contribution in [0.2, 0.25) is 0 Å². The topological polar surface area (TPSA) is 42.2 Å². The Labute approximate surface area is 105 Å². The summed E-state index contributed by atoms with van der Waals surface area (Å²) in [5, 5.41) is 7.94. The minimum atomic E-state index is 0.482. The Morgan fingerprint density at radius 3 is 2.76 bits per heavy atom. The molecular weight excluding hydrogens is 238 g/mol. The second-order valence-electron chi connectivity index (χ2n) is 3.76. The molecule has 0 atom stereocenters. The molecule has 1 aromatic heterocycles. The molecule has 5 heteroatoms. The van der Waals surface area contributed by atoms with Crippen LogP contribution in [0.4, 0.5) is 11.7 Å². The Balaban J connectivity index is 2.24. The van der Waals surface area contributed by atoms with Crippen LogP contribution < -0.4 is 4.90 Å². The predicted molar refractivity (Wildman–Crippen MR) is 68.0 cm³/mol. The van der Waals surface area contributed by atoms with Crippen molar-refractivity contribution < 1.29 is 4.42 Å². The van der Waals surface area contributed by atoms with E-state index in [0.717, 1.165) is 11.3 Å². The molecular formula is C12H14ClN3O. The lowest BCUT2D eigenvalue weighted by Crippen LogP contribution is -2.11. The van der Waals surface area contributed by atoms with Crippen LogP contribution in [0.5, 0.6) is 0 Å². The third-order valence-electron chi connectivity index (χ3n) is 2.53. The van der Waals surface area contributed by atoms with Gasteiger partial charge in [0.1, 0.15) is 0 Å². The highest BCUT2D eigenvalue weighted by Gasteiger charge is 2.13. The highest BCUT2D eigenvalue weighted by Crippen LogP contribution is 2.25. The summed E-state index contributed by atoms with van der Waals surface area (Å²) in [6.07, 6.45) is 0.593. The lowest BCUT2D eigenvalue weighted by molar-refractivity contribution is 0.505. The molecule has 0 aliphatic carbocycles. The van der Waals surface area contributed by atoms with Crippen LogP contribution in [-0.4, -0.2) is 23.1 Å². The van der Waals surface area contributed by atoms with Gasteiger partial charge in [0.15, 0.2) is 0 Å². The van der Waals surface area contributed by atoms with Gasteiger partial charge in [-0.3, -0.25) is 4.90 Å². The Bertz CT molecular complexity index is 498. The molecule has 0 amide bonds. The fraction of sp³-hybridized carbons (Fsp3) is 0.333. The highest BCUT2D eigenvalue weighted by atomic mass is 35.5. The fourth-order valence-corrected chi connectivity index (χ4v) is 1.77. The zero-order chi connectivity index (χ0) is 12.3. The van der Waals surface area contributed by atoms with Crippen molar-refractivity contribution in [2.75, 3.05) is 17.8 Å². The standard InChI is InChI=1S/C12H14ClN3O/c1-9-5-3-4-6-10(9)16(2)12-15-14-11(17-12)7-8-13/h3-6H,7-8H2,1-2H3. The molecule has 0 fully saturated rings. The van der Waals surface area contributed by atoms with Crippen LogP contribution in [0.1, 0.15) is 11.5 Å². The minimum Gasteiger partial charge on any atom is -0.408 e. The van der Waals surface area contributed by atoms with Crippen LogP contribution in [0.15, 0.2) is 28.7 Å². The van der Waals surface area contributed by atoms with Gasteiger partial charge in [-0.2, -0.15) is 0 Å². The lowest BCUT2D eigenvalue weighted by Gasteiger charge is -2.16. The number of nitrogens with zero attached hydrogens (tertiary/aromatic N) is 3. The SMILES string of the molecule is Cc1ccccc1N(C)c1nnc(CCCl)o1. The van der Waals surface area contributed by atoms with E-state index in [1.54, 1.807) is 0 Å². The van der Waals surface area contributed by atoms with Gasteiger partial charge < -0.3 is 4.42 Å². The summed E-state index contributed by atoms with van der Waals surface area (Å²) in [5.74, 6) is 1.05. The summed E-state index contributed by atoms with van der Waals surface area (Å²) >= 11 is 5.63. The number of hydrogen-bond donors (Lipinski definition) is 0. The Morgan fingerprint density at radius 1 is 1.29 bits per heavy atom. The van der Waals surface area contributed by atoms with Crippen molar-refractivity contribution in [2.24, 2.45) is 0 Å². The molecule has 2 rings (SSSR count). The van der Waals surface area contributed by atoms with Gasteiger partial charge in [-0.25, -0.2) is 0 Å². The van der Waals surface area contributed by atoms with Crippen molar-refractivity contribution in [3.05, 3.63) is 35.7 Å². The van der Waals surface area contributed by atoms with Gasteiger partial charge in [0.2, 0.25) is 5.89 Å². The fourth-order valence-electron chi connectivity index (χ4n) is 1.60. The molecule has 0 saturated heterocycles. The Morgan fingerprint density at radius 2 is 2.06 bits per heavy atom. The van der Waals surface area contributed by atoms with Gasteiger partial charge in [0.05, 0.1) is 0 Å². The van der Waals surface area contributed by atoms with Crippen molar-refractivity contribution in [3.8, 4) is 0 Å². The van der Waals surface area contributed by atoms with Crippen molar-refractivity contribution in [1.29, 1.82) is 0 Å². The number of aromatic nitrogens is 2. The molecule has 2 aromatic rings. The van der Waals surface area contributed by atoms with Crippen LogP contribution in [-0.2, 0) is 6.42 Å². The smallest absolute Gasteiger partial charge is 0.322 e. The minimum absolute atomic E-state index is 0.482. The van der Waals surface area contributed by atoms with Crippen molar-refractivity contribution in [3.63, 3.8) is 0 Å². The van der Waals surface area contributed by atoms with Gasteiger partial charge in [0.25, 0.3) is 0 Å². The average Bonchev–Trinajstić information content (AvgIpc) is 2.78. The van der Waals surface area contributed by atoms with E-state index in [2.05, 4.69) is 10.2 Å². The quantitative estimate of drug-likeness (QED) is 0.784. The number of rotatable bonds is 4. The number of aryl methyl sites for hydroxylation is 2. The van der Waals surface area contributed by atoms with E-state index in [-0.39, 0.29) is 0 Å². The summed E-state index contributed by atoms with van der Waals surface area (Å²) in [6, 6.07) is 8.52. The van der Waals surface area contributed by atoms with Gasteiger partial charge in [-0.15, -0.1) is 16.7 Å². The number of anilines is 2. The van der Waals surface area contributed by atoms with E-state index < -0.39 is 0 Å². The van der Waals surface area contributed by atoms with E-state index in [4.69, 9.17) is 16.0 Å². The third-order valence-corrected chi connectivity index (χ3v) is 2.72. The first kappa shape index (κ1) is 11.9. The predicted octanol–water partition coefficient (Wildman–Crippen LogP) is 2.93. The summed E-state index contributed by atoms with van der Waals surface area (Å²) in [6.45, 7) is 2.04. The molecule has 0 aliphatic heterocycles. The van der Waals surface area contributed by atoms with Gasteiger partial charge in [-0.05, 0) is 18.6 Å². The van der Waals surface area contributed by atoms with E-state index in [1.807, 2.05) is 43.1 Å². The van der Waals surface area contributed by atoms with Crippen LogP contribution in [0.3, 0.4) is 0 Å². The van der Waals surface area contributed by atoms with Gasteiger partial charge >= 0.3 is 6.01 Å². The number of alkyl halides is 1. The maximum atomic E-state index is 5.63.